The van der Waals surface area contributed by atoms with Crippen molar-refractivity contribution in [3.8, 4) is 0 Å². The molecule has 1 aromatic rings. The van der Waals surface area contributed by atoms with Gasteiger partial charge in [-0.25, -0.2) is 4.79 Å². The Balaban J connectivity index is 1.76. The Kier molecular flexibility index (Phi) is 3.63. The average molecular weight is 309 g/mol. The third-order valence-electron chi connectivity index (χ3n) is 4.75. The number of carbonyl (C=O) groups excluding carboxylic acids is 1. The molecule has 0 aromatic heterocycles. The molecular weight excluding hydrogens is 292 g/mol. The minimum Gasteiger partial charge on any atom is -0.478 e. The Hall–Kier alpha value is -1.59. The molecule has 2 aliphatic carbocycles. The molecule has 6 heteroatoms. The van der Waals surface area contributed by atoms with Crippen LogP contribution in [0.25, 0.3) is 0 Å². The van der Waals surface area contributed by atoms with Gasteiger partial charge in [0.25, 0.3) is 0 Å². The molecule has 1 amide bonds. The second kappa shape index (κ2) is 5.31. The molecule has 21 heavy (non-hydrogen) atoms. The number of nitrogens with two attached hydrogens (primary N) is 1. The molecule has 2 bridgehead atoms. The number of nitrogens with one attached hydrogen (secondary N) is 1. The largest absolute Gasteiger partial charge is 0.478 e. The van der Waals surface area contributed by atoms with Crippen LogP contribution in [0, 0.1) is 17.8 Å². The van der Waals surface area contributed by atoms with Gasteiger partial charge >= 0.3 is 5.97 Å². The van der Waals surface area contributed by atoms with Gasteiger partial charge in [-0.3, -0.25) is 4.79 Å². The molecule has 5 nitrogen and oxygen atoms in total. The summed E-state index contributed by atoms with van der Waals surface area (Å²) < 4.78 is 0. The van der Waals surface area contributed by atoms with Crippen LogP contribution in [0.5, 0.6) is 0 Å². The molecule has 2 fully saturated rings. The fraction of sp³-hybridized carbons (Fsp3) is 0.467. The first-order chi connectivity index (χ1) is 9.97. The predicted molar refractivity (Wildman–Crippen MR) is 79.3 cm³/mol. The minimum atomic E-state index is -1.12. The summed E-state index contributed by atoms with van der Waals surface area (Å²) in [6.07, 6.45) is 3.19. The molecule has 112 valence electrons. The second-order valence-electron chi connectivity index (χ2n) is 5.93. The predicted octanol–water partition coefficient (Wildman–Crippen LogP) is 2.35. The number of carbonyl (C=O) groups is 2. The molecule has 0 aliphatic heterocycles. The van der Waals surface area contributed by atoms with E-state index in [1.54, 1.807) is 6.07 Å². The number of fused-ring (bicyclic) bond motifs is 2. The van der Waals surface area contributed by atoms with Gasteiger partial charge in [-0.2, -0.15) is 0 Å². The number of hydrogen-bond donors (Lipinski definition) is 3. The molecule has 0 heterocycles. The SMILES string of the molecule is NC1C2CCC(C2)C1C(=O)Nc1ccc(Cl)c(C(=O)O)c1. The molecule has 4 N–H and O–H groups in total. The first-order valence-corrected chi connectivity index (χ1v) is 7.44. The molecule has 3 rings (SSSR count). The van der Waals surface area contributed by atoms with E-state index in [9.17, 15) is 9.59 Å². The van der Waals surface area contributed by atoms with Crippen LogP contribution in [-0.4, -0.2) is 23.0 Å². The average Bonchev–Trinajstić information content (AvgIpc) is 3.01. The lowest BCUT2D eigenvalue weighted by Crippen LogP contribution is -2.42. The fourth-order valence-corrected chi connectivity index (χ4v) is 3.92. The number of carboxylic acids is 1. The van der Waals surface area contributed by atoms with E-state index in [1.807, 2.05) is 0 Å². The van der Waals surface area contributed by atoms with Crippen molar-refractivity contribution < 1.29 is 14.7 Å². The summed E-state index contributed by atoms with van der Waals surface area (Å²) in [6, 6.07) is 4.36. The summed E-state index contributed by atoms with van der Waals surface area (Å²) in [7, 11) is 0. The summed E-state index contributed by atoms with van der Waals surface area (Å²) in [6.45, 7) is 0. The number of amides is 1. The Labute approximate surface area is 127 Å². The highest BCUT2D eigenvalue weighted by atomic mass is 35.5. The number of anilines is 1. The van der Waals surface area contributed by atoms with Gasteiger partial charge in [-0.1, -0.05) is 11.6 Å². The smallest absolute Gasteiger partial charge is 0.337 e. The van der Waals surface area contributed by atoms with Crippen LogP contribution >= 0.6 is 11.6 Å². The minimum absolute atomic E-state index is 0.0216. The van der Waals surface area contributed by atoms with E-state index >= 15 is 0 Å². The highest BCUT2D eigenvalue weighted by molar-refractivity contribution is 6.33. The molecule has 4 unspecified atom stereocenters. The van der Waals surface area contributed by atoms with E-state index in [1.165, 1.54) is 12.1 Å². The number of benzene rings is 1. The van der Waals surface area contributed by atoms with Crippen LogP contribution in [0.2, 0.25) is 5.02 Å². The zero-order chi connectivity index (χ0) is 15.1. The quantitative estimate of drug-likeness (QED) is 0.799. The first kappa shape index (κ1) is 14.4. The van der Waals surface area contributed by atoms with E-state index in [0.29, 0.717) is 17.5 Å². The first-order valence-electron chi connectivity index (χ1n) is 7.06. The van der Waals surface area contributed by atoms with E-state index in [2.05, 4.69) is 5.32 Å². The highest BCUT2D eigenvalue weighted by Crippen LogP contribution is 2.47. The van der Waals surface area contributed by atoms with Gasteiger partial charge in [0.2, 0.25) is 5.91 Å². The third-order valence-corrected chi connectivity index (χ3v) is 5.08. The molecule has 1 aromatic carbocycles. The van der Waals surface area contributed by atoms with E-state index in [-0.39, 0.29) is 28.5 Å². The molecule has 2 saturated carbocycles. The van der Waals surface area contributed by atoms with Crippen molar-refractivity contribution in [3.05, 3.63) is 28.8 Å². The van der Waals surface area contributed by atoms with Crippen LogP contribution < -0.4 is 11.1 Å². The molecule has 4 atom stereocenters. The summed E-state index contributed by atoms with van der Waals surface area (Å²) in [5.41, 5.74) is 6.56. The van der Waals surface area contributed by atoms with Gasteiger partial charge in [0.05, 0.1) is 16.5 Å². The van der Waals surface area contributed by atoms with Crippen LogP contribution in [-0.2, 0) is 4.79 Å². The van der Waals surface area contributed by atoms with E-state index < -0.39 is 5.97 Å². The van der Waals surface area contributed by atoms with Crippen molar-refractivity contribution in [3.63, 3.8) is 0 Å². The number of halogens is 1. The molecular formula is C15H17ClN2O3. The van der Waals surface area contributed by atoms with Crippen LogP contribution in [0.15, 0.2) is 18.2 Å². The zero-order valence-corrected chi connectivity index (χ0v) is 12.1. The Morgan fingerprint density at radius 2 is 2.00 bits per heavy atom. The van der Waals surface area contributed by atoms with E-state index in [4.69, 9.17) is 22.4 Å². The van der Waals surface area contributed by atoms with Gasteiger partial charge in [-0.15, -0.1) is 0 Å². The lowest BCUT2D eigenvalue weighted by molar-refractivity contribution is -0.121. The van der Waals surface area contributed by atoms with Crippen LogP contribution in [0.3, 0.4) is 0 Å². The van der Waals surface area contributed by atoms with Gasteiger partial charge in [-0.05, 0) is 49.3 Å². The highest BCUT2D eigenvalue weighted by Gasteiger charge is 2.49. The van der Waals surface area contributed by atoms with Gasteiger partial charge in [0.1, 0.15) is 0 Å². The van der Waals surface area contributed by atoms with Gasteiger partial charge in [0.15, 0.2) is 0 Å². The van der Waals surface area contributed by atoms with Crippen molar-refractivity contribution in [2.24, 2.45) is 23.5 Å². The monoisotopic (exact) mass is 308 g/mol. The van der Waals surface area contributed by atoms with Crippen molar-refractivity contribution in [1.29, 1.82) is 0 Å². The van der Waals surface area contributed by atoms with Crippen molar-refractivity contribution in [2.45, 2.75) is 25.3 Å². The maximum absolute atomic E-state index is 12.4. The summed E-state index contributed by atoms with van der Waals surface area (Å²) in [4.78, 5) is 23.5. The maximum atomic E-state index is 12.4. The Bertz CT molecular complexity index is 603. The fourth-order valence-electron chi connectivity index (χ4n) is 3.72. The number of hydrogen-bond acceptors (Lipinski definition) is 3. The number of rotatable bonds is 3. The summed E-state index contributed by atoms with van der Waals surface area (Å²) in [5.74, 6) is -0.601. The Morgan fingerprint density at radius 3 is 2.62 bits per heavy atom. The molecule has 0 saturated heterocycles. The Morgan fingerprint density at radius 1 is 1.29 bits per heavy atom. The van der Waals surface area contributed by atoms with Crippen molar-refractivity contribution in [2.75, 3.05) is 5.32 Å². The van der Waals surface area contributed by atoms with Crippen LogP contribution in [0.4, 0.5) is 5.69 Å². The van der Waals surface area contributed by atoms with Crippen LogP contribution in [0.1, 0.15) is 29.6 Å². The normalized spacial score (nSPS) is 30.4. The lowest BCUT2D eigenvalue weighted by atomic mass is 9.84. The molecule has 0 radical (unpaired) electrons. The topological polar surface area (TPSA) is 92.4 Å². The van der Waals surface area contributed by atoms with E-state index in [0.717, 1.165) is 19.3 Å². The van der Waals surface area contributed by atoms with Gasteiger partial charge < -0.3 is 16.2 Å². The van der Waals surface area contributed by atoms with Crippen molar-refractivity contribution >= 4 is 29.2 Å². The number of carboxylic acid groups (broad SMARTS) is 1. The van der Waals surface area contributed by atoms with Gasteiger partial charge in [0, 0.05) is 11.7 Å². The molecule has 2 aliphatic rings. The maximum Gasteiger partial charge on any atom is 0.337 e. The standard InChI is InChI=1S/C15H17ClN2O3/c16-11-4-3-9(6-10(11)15(20)21)18-14(19)12-7-1-2-8(5-7)13(12)17/h3-4,6-8,12-13H,1-2,5,17H2,(H,18,19)(H,20,21). The lowest BCUT2D eigenvalue weighted by Gasteiger charge is -2.27. The van der Waals surface area contributed by atoms with Crippen molar-refractivity contribution in [1.82, 2.24) is 0 Å². The summed E-state index contributed by atoms with van der Waals surface area (Å²) in [5, 5.41) is 12.0. The number of aromatic carboxylic acids is 1. The molecule has 0 spiro atoms. The summed E-state index contributed by atoms with van der Waals surface area (Å²) >= 11 is 5.82. The zero-order valence-electron chi connectivity index (χ0n) is 11.4. The third kappa shape index (κ3) is 2.51. The second-order valence-corrected chi connectivity index (χ2v) is 6.33.